The number of hydrogen-bond donors (Lipinski definition) is 0. The maximum Gasteiger partial charge on any atom is 0.315 e. The fourth-order valence-electron chi connectivity index (χ4n) is 0.845. The van der Waals surface area contributed by atoms with Gasteiger partial charge in [0.25, 0.3) is 0 Å². The number of nitrogens with zero attached hydrogens (tertiary/aromatic N) is 1. The van der Waals surface area contributed by atoms with Crippen LogP contribution in [0.2, 0.25) is 0 Å². The summed E-state index contributed by atoms with van der Waals surface area (Å²) < 4.78 is 23.9. The third kappa shape index (κ3) is 1.56. The van der Waals surface area contributed by atoms with E-state index in [1.807, 2.05) is 13.0 Å². The molecule has 0 bridgehead atoms. The molecule has 0 aromatic carbocycles. The molecule has 0 atom stereocenters. The zero-order valence-electron chi connectivity index (χ0n) is 5.72. The van der Waals surface area contributed by atoms with Crippen molar-refractivity contribution >= 4 is 0 Å². The number of allylic oxidation sites excluding steroid dienone is 2. The van der Waals surface area contributed by atoms with Crippen LogP contribution in [0, 0.1) is 0 Å². The van der Waals surface area contributed by atoms with Crippen molar-refractivity contribution in [2.24, 2.45) is 0 Å². The molecule has 0 N–H and O–H groups in total. The largest absolute Gasteiger partial charge is 0.319 e. The Morgan fingerprint density at radius 3 is 2.70 bits per heavy atom. The molecular formula is C7H9F2N. The second kappa shape index (κ2) is 2.82. The van der Waals surface area contributed by atoms with Crippen LogP contribution in [0.1, 0.15) is 6.92 Å². The van der Waals surface area contributed by atoms with E-state index in [0.717, 1.165) is 10.5 Å². The molecule has 1 nitrogen and oxygen atoms in total. The highest BCUT2D eigenvalue weighted by molar-refractivity contribution is 5.16. The van der Waals surface area contributed by atoms with Crippen molar-refractivity contribution in [3.8, 4) is 0 Å². The molecule has 56 valence electrons. The van der Waals surface area contributed by atoms with E-state index in [4.69, 9.17) is 0 Å². The van der Waals surface area contributed by atoms with Crippen molar-refractivity contribution in [1.29, 1.82) is 0 Å². The molecule has 1 heterocycles. The van der Waals surface area contributed by atoms with Crippen LogP contribution in [0.5, 0.6) is 0 Å². The van der Waals surface area contributed by atoms with Crippen LogP contribution in [-0.4, -0.2) is 18.0 Å². The third-order valence-electron chi connectivity index (χ3n) is 1.34. The molecule has 3 heteroatoms. The molecular weight excluding hydrogens is 136 g/mol. The van der Waals surface area contributed by atoms with Gasteiger partial charge in [0.05, 0.1) is 0 Å². The first-order chi connectivity index (χ1) is 4.70. The van der Waals surface area contributed by atoms with Gasteiger partial charge in [-0.25, -0.2) is 0 Å². The summed E-state index contributed by atoms with van der Waals surface area (Å²) in [5.41, 5.74) is 0.961. The molecule has 0 amide bonds. The van der Waals surface area contributed by atoms with Crippen molar-refractivity contribution < 1.29 is 8.78 Å². The first-order valence-corrected chi connectivity index (χ1v) is 3.08. The lowest BCUT2D eigenvalue weighted by Crippen LogP contribution is -2.26. The lowest BCUT2D eigenvalue weighted by Gasteiger charge is -2.21. The second-order valence-corrected chi connectivity index (χ2v) is 2.30. The van der Waals surface area contributed by atoms with Gasteiger partial charge in [-0.05, 0) is 13.0 Å². The predicted octanol–water partition coefficient (Wildman–Crippen LogP) is 1.98. The number of halogens is 2. The van der Waals surface area contributed by atoms with Crippen molar-refractivity contribution in [3.63, 3.8) is 0 Å². The Balaban J connectivity index is 2.55. The third-order valence-corrected chi connectivity index (χ3v) is 1.34. The summed E-state index contributed by atoms with van der Waals surface area (Å²) in [7, 11) is 0. The quantitative estimate of drug-likeness (QED) is 0.510. The molecule has 0 fully saturated rings. The van der Waals surface area contributed by atoms with E-state index in [-0.39, 0.29) is 0 Å². The van der Waals surface area contributed by atoms with Crippen LogP contribution < -0.4 is 0 Å². The van der Waals surface area contributed by atoms with E-state index in [0.29, 0.717) is 6.54 Å². The average Bonchev–Trinajstić information content (AvgIpc) is 1.88. The molecule has 0 unspecified atom stereocenters. The fourth-order valence-corrected chi connectivity index (χ4v) is 0.845. The van der Waals surface area contributed by atoms with Gasteiger partial charge in [-0.2, -0.15) is 8.78 Å². The van der Waals surface area contributed by atoms with E-state index in [2.05, 4.69) is 0 Å². The van der Waals surface area contributed by atoms with Gasteiger partial charge in [0.1, 0.15) is 0 Å². The van der Waals surface area contributed by atoms with Crippen molar-refractivity contribution in [2.75, 3.05) is 6.54 Å². The summed E-state index contributed by atoms with van der Waals surface area (Å²) >= 11 is 0. The fraction of sp³-hybridized carbons (Fsp3) is 0.429. The molecule has 1 rings (SSSR count). The normalized spacial score (nSPS) is 18.0. The van der Waals surface area contributed by atoms with Crippen LogP contribution in [0.4, 0.5) is 8.78 Å². The molecule has 0 radical (unpaired) electrons. The Hall–Kier alpha value is -0.860. The zero-order chi connectivity index (χ0) is 7.56. The minimum Gasteiger partial charge on any atom is -0.319 e. The Labute approximate surface area is 58.6 Å². The van der Waals surface area contributed by atoms with Gasteiger partial charge in [-0.1, -0.05) is 11.6 Å². The van der Waals surface area contributed by atoms with Gasteiger partial charge in [0.15, 0.2) is 0 Å². The van der Waals surface area contributed by atoms with E-state index >= 15 is 0 Å². The van der Waals surface area contributed by atoms with Crippen LogP contribution in [0.3, 0.4) is 0 Å². The molecule has 0 aliphatic carbocycles. The van der Waals surface area contributed by atoms with Gasteiger partial charge < -0.3 is 4.90 Å². The summed E-state index contributed by atoms with van der Waals surface area (Å²) in [6.45, 7) is -0.201. The van der Waals surface area contributed by atoms with E-state index in [1.165, 1.54) is 6.20 Å². The molecule has 10 heavy (non-hydrogen) atoms. The summed E-state index contributed by atoms with van der Waals surface area (Å²) in [6, 6.07) is 0. The summed E-state index contributed by atoms with van der Waals surface area (Å²) in [5.74, 6) is 0. The second-order valence-electron chi connectivity index (χ2n) is 2.30. The van der Waals surface area contributed by atoms with E-state index in [1.54, 1.807) is 6.08 Å². The Morgan fingerprint density at radius 1 is 1.60 bits per heavy atom. The molecule has 0 aromatic heterocycles. The Bertz CT molecular complexity index is 172. The first-order valence-electron chi connectivity index (χ1n) is 3.08. The SMILES string of the molecule is CC1=CC=CN(C(F)F)C1. The van der Waals surface area contributed by atoms with E-state index < -0.39 is 6.55 Å². The zero-order valence-corrected chi connectivity index (χ0v) is 5.72. The van der Waals surface area contributed by atoms with Crippen molar-refractivity contribution in [1.82, 2.24) is 4.90 Å². The molecule has 0 saturated carbocycles. The van der Waals surface area contributed by atoms with Crippen LogP contribution >= 0.6 is 0 Å². The van der Waals surface area contributed by atoms with Gasteiger partial charge in [0.2, 0.25) is 0 Å². The highest BCUT2D eigenvalue weighted by atomic mass is 19.3. The highest BCUT2D eigenvalue weighted by Gasteiger charge is 2.12. The monoisotopic (exact) mass is 145 g/mol. The van der Waals surface area contributed by atoms with Crippen LogP contribution in [0.15, 0.2) is 23.9 Å². The highest BCUT2D eigenvalue weighted by Crippen LogP contribution is 2.11. The molecule has 0 aromatic rings. The van der Waals surface area contributed by atoms with Crippen LogP contribution in [-0.2, 0) is 0 Å². The van der Waals surface area contributed by atoms with Gasteiger partial charge in [-0.3, -0.25) is 0 Å². The number of rotatable bonds is 1. The standard InChI is InChI=1S/C7H9F2N/c1-6-3-2-4-10(5-6)7(8)9/h2-4,7H,5H2,1H3. The van der Waals surface area contributed by atoms with E-state index in [9.17, 15) is 8.78 Å². The number of hydrogen-bond acceptors (Lipinski definition) is 1. The maximum absolute atomic E-state index is 11.9. The van der Waals surface area contributed by atoms with Crippen LogP contribution in [0.25, 0.3) is 0 Å². The maximum atomic E-state index is 11.9. The van der Waals surface area contributed by atoms with Gasteiger partial charge >= 0.3 is 6.55 Å². The molecule has 0 saturated heterocycles. The lowest BCUT2D eigenvalue weighted by molar-refractivity contribution is 0.0109. The minimum atomic E-state index is -2.38. The summed E-state index contributed by atoms with van der Waals surface area (Å²) in [5, 5.41) is 0. The predicted molar refractivity (Wildman–Crippen MR) is 35.6 cm³/mol. The molecule has 0 spiro atoms. The number of alkyl halides is 2. The summed E-state index contributed by atoms with van der Waals surface area (Å²) in [4.78, 5) is 0.995. The Kier molecular flexibility index (Phi) is 2.04. The van der Waals surface area contributed by atoms with Gasteiger partial charge in [0, 0.05) is 12.7 Å². The molecule has 1 aliphatic heterocycles. The average molecular weight is 145 g/mol. The lowest BCUT2D eigenvalue weighted by atomic mass is 10.2. The van der Waals surface area contributed by atoms with Crippen molar-refractivity contribution in [3.05, 3.63) is 23.9 Å². The first kappa shape index (κ1) is 7.25. The van der Waals surface area contributed by atoms with Gasteiger partial charge in [-0.15, -0.1) is 0 Å². The summed E-state index contributed by atoms with van der Waals surface area (Å²) in [6.07, 6.45) is 4.86. The smallest absolute Gasteiger partial charge is 0.315 e. The van der Waals surface area contributed by atoms with Crippen molar-refractivity contribution in [2.45, 2.75) is 13.5 Å². The molecule has 1 aliphatic rings. The Morgan fingerprint density at radius 2 is 2.30 bits per heavy atom. The minimum absolute atomic E-state index is 0.341. The topological polar surface area (TPSA) is 3.24 Å².